The van der Waals surface area contributed by atoms with Crippen LogP contribution in [0.4, 0.5) is 0 Å². The van der Waals surface area contributed by atoms with Crippen molar-refractivity contribution in [3.05, 3.63) is 29.8 Å². The molecule has 6 nitrogen and oxygen atoms in total. The van der Waals surface area contributed by atoms with Gasteiger partial charge in [-0.15, -0.1) is 0 Å². The molecule has 0 aliphatic carbocycles. The zero-order chi connectivity index (χ0) is 16.8. The van der Waals surface area contributed by atoms with Crippen molar-refractivity contribution in [3.63, 3.8) is 0 Å². The lowest BCUT2D eigenvalue weighted by Gasteiger charge is -2.34. The van der Waals surface area contributed by atoms with E-state index < -0.39 is 0 Å². The molecule has 0 unspecified atom stereocenters. The van der Waals surface area contributed by atoms with Crippen molar-refractivity contribution in [1.82, 2.24) is 9.80 Å². The quantitative estimate of drug-likeness (QED) is 0.768. The van der Waals surface area contributed by atoms with Crippen molar-refractivity contribution in [1.29, 1.82) is 0 Å². The fourth-order valence-electron chi connectivity index (χ4n) is 2.53. The Balaban J connectivity index is 1.86. The SMILES string of the molecule is COc1cccc(C(=O)N2CCN(CC(=O)OC(C)C)CC2)c1. The summed E-state index contributed by atoms with van der Waals surface area (Å²) in [7, 11) is 1.58. The average molecular weight is 320 g/mol. The van der Waals surface area contributed by atoms with Crippen molar-refractivity contribution in [2.45, 2.75) is 20.0 Å². The molecule has 1 saturated heterocycles. The van der Waals surface area contributed by atoms with Gasteiger partial charge in [0.15, 0.2) is 0 Å². The number of methoxy groups -OCH3 is 1. The second-order valence-corrected chi connectivity index (χ2v) is 5.84. The molecule has 1 aromatic carbocycles. The predicted molar refractivity (Wildman–Crippen MR) is 86.6 cm³/mol. The van der Waals surface area contributed by atoms with Gasteiger partial charge in [0.25, 0.3) is 5.91 Å². The highest BCUT2D eigenvalue weighted by atomic mass is 16.5. The van der Waals surface area contributed by atoms with Gasteiger partial charge >= 0.3 is 5.97 Å². The summed E-state index contributed by atoms with van der Waals surface area (Å²) in [5.41, 5.74) is 0.622. The molecule has 0 radical (unpaired) electrons. The van der Waals surface area contributed by atoms with Gasteiger partial charge in [-0.05, 0) is 32.0 Å². The molecule has 0 spiro atoms. The highest BCUT2D eigenvalue weighted by Crippen LogP contribution is 2.15. The van der Waals surface area contributed by atoms with E-state index in [1.165, 1.54) is 0 Å². The van der Waals surface area contributed by atoms with Crippen LogP contribution in [0.3, 0.4) is 0 Å². The summed E-state index contributed by atoms with van der Waals surface area (Å²) in [4.78, 5) is 28.0. The minimum Gasteiger partial charge on any atom is -0.497 e. The molecule has 0 N–H and O–H groups in total. The number of hydrogen-bond acceptors (Lipinski definition) is 5. The summed E-state index contributed by atoms with van der Waals surface area (Å²) < 4.78 is 10.3. The Hall–Kier alpha value is -2.08. The first kappa shape index (κ1) is 17.3. The highest BCUT2D eigenvalue weighted by molar-refractivity contribution is 5.94. The lowest BCUT2D eigenvalue weighted by Crippen LogP contribution is -2.50. The molecule has 1 heterocycles. The number of carbonyl (C=O) groups excluding carboxylic acids is 2. The number of carbonyl (C=O) groups is 2. The van der Waals surface area contributed by atoms with Crippen LogP contribution in [0, 0.1) is 0 Å². The molecule has 23 heavy (non-hydrogen) atoms. The van der Waals surface area contributed by atoms with E-state index in [1.54, 1.807) is 24.1 Å². The third kappa shape index (κ3) is 4.96. The summed E-state index contributed by atoms with van der Waals surface area (Å²) in [6.07, 6.45) is -0.0987. The zero-order valence-corrected chi connectivity index (χ0v) is 13.9. The number of ether oxygens (including phenoxy) is 2. The minimum absolute atomic E-state index is 0.00620. The number of piperazine rings is 1. The Bertz CT molecular complexity index is 551. The van der Waals surface area contributed by atoms with Gasteiger partial charge in [-0.2, -0.15) is 0 Å². The van der Waals surface area contributed by atoms with Gasteiger partial charge in [-0.3, -0.25) is 14.5 Å². The second kappa shape index (κ2) is 7.97. The molecule has 126 valence electrons. The molecule has 1 aliphatic heterocycles. The van der Waals surface area contributed by atoms with Gasteiger partial charge in [0.1, 0.15) is 5.75 Å². The van der Waals surface area contributed by atoms with Crippen LogP contribution in [0.2, 0.25) is 0 Å². The van der Waals surface area contributed by atoms with Gasteiger partial charge in [0.05, 0.1) is 19.8 Å². The second-order valence-electron chi connectivity index (χ2n) is 5.84. The molecule has 2 rings (SSSR count). The van der Waals surface area contributed by atoms with Gasteiger partial charge in [-0.25, -0.2) is 0 Å². The van der Waals surface area contributed by atoms with Crippen LogP contribution in [0.5, 0.6) is 5.75 Å². The highest BCUT2D eigenvalue weighted by Gasteiger charge is 2.24. The van der Waals surface area contributed by atoms with E-state index in [0.717, 1.165) is 0 Å². The number of esters is 1. The van der Waals surface area contributed by atoms with Crippen LogP contribution >= 0.6 is 0 Å². The first-order valence-electron chi connectivity index (χ1n) is 7.84. The van der Waals surface area contributed by atoms with Crippen LogP contribution in [-0.4, -0.2) is 67.6 Å². The van der Waals surface area contributed by atoms with E-state index in [4.69, 9.17) is 9.47 Å². The molecule has 0 aromatic heterocycles. The molecule has 1 fully saturated rings. The lowest BCUT2D eigenvalue weighted by molar-refractivity contribution is -0.149. The van der Waals surface area contributed by atoms with Crippen LogP contribution in [-0.2, 0) is 9.53 Å². The summed E-state index contributed by atoms with van der Waals surface area (Å²) >= 11 is 0. The van der Waals surface area contributed by atoms with Crippen molar-refractivity contribution in [3.8, 4) is 5.75 Å². The predicted octanol–water partition coefficient (Wildman–Crippen LogP) is 1.40. The van der Waals surface area contributed by atoms with Gasteiger partial charge in [-0.1, -0.05) is 6.07 Å². The number of benzene rings is 1. The van der Waals surface area contributed by atoms with Crippen LogP contribution in [0.25, 0.3) is 0 Å². The third-order valence-electron chi connectivity index (χ3n) is 3.70. The molecule has 0 bridgehead atoms. The van der Waals surface area contributed by atoms with Gasteiger partial charge in [0, 0.05) is 31.7 Å². The smallest absolute Gasteiger partial charge is 0.320 e. The van der Waals surface area contributed by atoms with Crippen molar-refractivity contribution in [2.24, 2.45) is 0 Å². The molecular formula is C17H24N2O4. The van der Waals surface area contributed by atoms with E-state index in [1.807, 2.05) is 30.9 Å². The minimum atomic E-state index is -0.215. The van der Waals surface area contributed by atoms with E-state index in [0.29, 0.717) is 37.5 Å². The van der Waals surface area contributed by atoms with Crippen LogP contribution in [0.1, 0.15) is 24.2 Å². The average Bonchev–Trinajstić information content (AvgIpc) is 2.54. The molecule has 1 aromatic rings. The van der Waals surface area contributed by atoms with Gasteiger partial charge < -0.3 is 14.4 Å². The first-order chi connectivity index (χ1) is 11.0. The summed E-state index contributed by atoms with van der Waals surface area (Å²) in [6, 6.07) is 7.16. The molecule has 6 heteroatoms. The standard InChI is InChI=1S/C17H24N2O4/c1-13(2)23-16(20)12-18-7-9-19(10-8-18)17(21)14-5-4-6-15(11-14)22-3/h4-6,11,13H,7-10,12H2,1-3H3. The Labute approximate surface area is 137 Å². The molecule has 0 atom stereocenters. The zero-order valence-electron chi connectivity index (χ0n) is 13.9. The number of nitrogens with zero attached hydrogens (tertiary/aromatic N) is 2. The lowest BCUT2D eigenvalue weighted by atomic mass is 10.1. The van der Waals surface area contributed by atoms with E-state index in [2.05, 4.69) is 0 Å². The molecule has 0 saturated carbocycles. The number of rotatable bonds is 5. The maximum Gasteiger partial charge on any atom is 0.320 e. The first-order valence-corrected chi connectivity index (χ1v) is 7.84. The van der Waals surface area contributed by atoms with Crippen LogP contribution in [0.15, 0.2) is 24.3 Å². The Kier molecular flexibility index (Phi) is 5.98. The fraction of sp³-hybridized carbons (Fsp3) is 0.529. The van der Waals surface area contributed by atoms with E-state index in [-0.39, 0.29) is 24.5 Å². The molecule has 1 aliphatic rings. The summed E-state index contributed by atoms with van der Waals surface area (Å²) in [6.45, 7) is 6.49. The van der Waals surface area contributed by atoms with E-state index >= 15 is 0 Å². The molecular weight excluding hydrogens is 296 g/mol. The Morgan fingerprint density at radius 3 is 2.48 bits per heavy atom. The van der Waals surface area contributed by atoms with Crippen LogP contribution < -0.4 is 4.74 Å². The summed E-state index contributed by atoms with van der Waals surface area (Å²) in [5, 5.41) is 0. The number of amides is 1. The maximum atomic E-state index is 12.5. The van der Waals surface area contributed by atoms with Gasteiger partial charge in [0.2, 0.25) is 0 Å². The summed E-state index contributed by atoms with van der Waals surface area (Å²) in [5.74, 6) is 0.451. The largest absolute Gasteiger partial charge is 0.497 e. The monoisotopic (exact) mass is 320 g/mol. The Morgan fingerprint density at radius 2 is 1.87 bits per heavy atom. The van der Waals surface area contributed by atoms with Crippen molar-refractivity contribution in [2.75, 3.05) is 39.8 Å². The topological polar surface area (TPSA) is 59.1 Å². The Morgan fingerprint density at radius 1 is 1.17 bits per heavy atom. The fourth-order valence-corrected chi connectivity index (χ4v) is 2.53. The third-order valence-corrected chi connectivity index (χ3v) is 3.70. The number of hydrogen-bond donors (Lipinski definition) is 0. The molecule has 1 amide bonds. The van der Waals surface area contributed by atoms with Crippen molar-refractivity contribution >= 4 is 11.9 Å². The van der Waals surface area contributed by atoms with Crippen molar-refractivity contribution < 1.29 is 19.1 Å². The normalized spacial score (nSPS) is 15.6. The maximum absolute atomic E-state index is 12.5. The van der Waals surface area contributed by atoms with E-state index in [9.17, 15) is 9.59 Å².